The number of rotatable bonds is 3. The summed E-state index contributed by atoms with van der Waals surface area (Å²) >= 11 is 1.55. The molecule has 0 unspecified atom stereocenters. The van der Waals surface area contributed by atoms with Gasteiger partial charge >= 0.3 is 12.2 Å². The Labute approximate surface area is 183 Å². The number of hydrogen-bond donors (Lipinski definition) is 2. The molecule has 2 aromatic heterocycles. The Morgan fingerprint density at radius 3 is 2.41 bits per heavy atom. The van der Waals surface area contributed by atoms with Crippen LogP contribution in [0.25, 0.3) is 21.2 Å². The molecule has 4 rings (SSSR count). The number of nitrogens with zero attached hydrogens (tertiary/aromatic N) is 2. The second-order valence-electron chi connectivity index (χ2n) is 6.99. The number of aromatic nitrogens is 1. The highest BCUT2D eigenvalue weighted by molar-refractivity contribution is 7.19. The summed E-state index contributed by atoms with van der Waals surface area (Å²) in [4.78, 5) is 17.9. The van der Waals surface area contributed by atoms with Gasteiger partial charge in [-0.2, -0.15) is 13.2 Å². The van der Waals surface area contributed by atoms with Crippen LogP contribution in [0.2, 0.25) is 0 Å². The number of carbonyl (C=O) groups excluding carboxylic acids is 1. The zero-order chi connectivity index (χ0) is 23.2. The van der Waals surface area contributed by atoms with Crippen LogP contribution in [0.3, 0.4) is 0 Å². The maximum absolute atomic E-state index is 14.4. The smallest absolute Gasteiger partial charge is 0.383 e. The number of thiophene rings is 1. The van der Waals surface area contributed by atoms with Gasteiger partial charge in [-0.05, 0) is 48.9 Å². The van der Waals surface area contributed by atoms with Crippen molar-refractivity contribution < 1.29 is 22.4 Å². The zero-order valence-electron chi connectivity index (χ0n) is 16.6. The lowest BCUT2D eigenvalue weighted by molar-refractivity contribution is -0.137. The molecule has 0 saturated heterocycles. The molecule has 10 heteroatoms. The highest BCUT2D eigenvalue weighted by Crippen LogP contribution is 2.41. The maximum Gasteiger partial charge on any atom is 0.416 e. The number of fused-ring (bicyclic) bond motifs is 1. The second kappa shape index (κ2) is 7.79. The lowest BCUT2D eigenvalue weighted by Crippen LogP contribution is -2.32. The van der Waals surface area contributed by atoms with Crippen molar-refractivity contribution in [3.63, 3.8) is 0 Å². The van der Waals surface area contributed by atoms with Gasteiger partial charge in [-0.3, -0.25) is 4.90 Å². The number of carbonyl (C=O) groups is 1. The van der Waals surface area contributed by atoms with Gasteiger partial charge in [0.25, 0.3) is 0 Å². The lowest BCUT2D eigenvalue weighted by Gasteiger charge is -2.22. The molecule has 0 aliphatic rings. The van der Waals surface area contributed by atoms with E-state index in [1.165, 1.54) is 12.1 Å². The molecule has 0 atom stereocenters. The van der Waals surface area contributed by atoms with E-state index in [2.05, 4.69) is 4.98 Å². The number of hydrogen-bond acceptors (Lipinski definition) is 4. The quantitative estimate of drug-likeness (QED) is 0.356. The third-order valence-electron chi connectivity index (χ3n) is 4.96. The van der Waals surface area contributed by atoms with Gasteiger partial charge in [-0.1, -0.05) is 12.1 Å². The summed E-state index contributed by atoms with van der Waals surface area (Å²) < 4.78 is 54.7. The minimum absolute atomic E-state index is 0.114. The fraction of sp³-hybridized carbons (Fsp3) is 0.0909. The largest absolute Gasteiger partial charge is 0.416 e. The average Bonchev–Trinajstić information content (AvgIpc) is 3.06. The number of aryl methyl sites for hydroxylation is 1. The molecule has 0 saturated carbocycles. The number of primary amides is 1. The molecule has 0 radical (unpaired) electrons. The summed E-state index contributed by atoms with van der Waals surface area (Å²) in [6, 6.07) is 8.83. The Kier molecular flexibility index (Phi) is 5.25. The number of anilines is 3. The highest BCUT2D eigenvalue weighted by atomic mass is 32.1. The Morgan fingerprint density at radius 1 is 1.09 bits per heavy atom. The van der Waals surface area contributed by atoms with Crippen LogP contribution in [0, 0.1) is 12.7 Å². The normalized spacial score (nSPS) is 11.7. The van der Waals surface area contributed by atoms with Crippen molar-refractivity contribution in [2.24, 2.45) is 5.73 Å². The van der Waals surface area contributed by atoms with Crippen molar-refractivity contribution in [1.29, 1.82) is 0 Å². The fourth-order valence-corrected chi connectivity index (χ4v) is 4.65. The first-order chi connectivity index (χ1) is 15.1. The Morgan fingerprint density at radius 2 is 1.78 bits per heavy atom. The lowest BCUT2D eigenvalue weighted by atomic mass is 10.0. The number of amides is 2. The molecule has 32 heavy (non-hydrogen) atoms. The molecule has 2 heterocycles. The van der Waals surface area contributed by atoms with Gasteiger partial charge in [0, 0.05) is 26.7 Å². The number of nitrogens with two attached hydrogens (primary N) is 2. The van der Waals surface area contributed by atoms with Crippen molar-refractivity contribution >= 4 is 44.6 Å². The maximum atomic E-state index is 14.4. The zero-order valence-corrected chi connectivity index (χ0v) is 17.4. The van der Waals surface area contributed by atoms with Gasteiger partial charge in [0.15, 0.2) is 0 Å². The SMILES string of the molecule is Cc1sc2ccnc(N)c2c1-c1ccc(N(C(N)=O)c2cc(C(F)(F)F)ccc2F)cc1. The topological polar surface area (TPSA) is 85.2 Å². The molecular weight excluding hydrogens is 444 g/mol. The summed E-state index contributed by atoms with van der Waals surface area (Å²) in [6.45, 7) is 1.93. The van der Waals surface area contributed by atoms with Crippen LogP contribution in [0.1, 0.15) is 10.4 Å². The third-order valence-corrected chi connectivity index (χ3v) is 6.03. The van der Waals surface area contributed by atoms with Gasteiger partial charge in [0.05, 0.1) is 16.9 Å². The van der Waals surface area contributed by atoms with E-state index in [4.69, 9.17) is 11.5 Å². The number of nitrogen functional groups attached to an aromatic ring is 1. The molecule has 0 aliphatic heterocycles. The Balaban J connectivity index is 1.80. The number of benzene rings is 2. The van der Waals surface area contributed by atoms with Crippen molar-refractivity contribution in [2.45, 2.75) is 13.1 Å². The van der Waals surface area contributed by atoms with Crippen LogP contribution >= 0.6 is 11.3 Å². The first kappa shape index (κ1) is 21.6. The van der Waals surface area contributed by atoms with E-state index in [9.17, 15) is 22.4 Å². The second-order valence-corrected chi connectivity index (χ2v) is 8.24. The van der Waals surface area contributed by atoms with Crippen molar-refractivity contribution in [3.8, 4) is 11.1 Å². The van der Waals surface area contributed by atoms with Crippen LogP contribution in [0.5, 0.6) is 0 Å². The number of alkyl halides is 3. The predicted octanol–water partition coefficient (Wildman–Crippen LogP) is 6.23. The van der Waals surface area contributed by atoms with Gasteiger partial charge in [-0.25, -0.2) is 14.2 Å². The van der Waals surface area contributed by atoms with Gasteiger partial charge in [-0.15, -0.1) is 11.3 Å². The van der Waals surface area contributed by atoms with Gasteiger partial charge in [0.1, 0.15) is 11.6 Å². The molecule has 0 aliphatic carbocycles. The Hall–Kier alpha value is -3.66. The average molecular weight is 460 g/mol. The molecule has 5 nitrogen and oxygen atoms in total. The van der Waals surface area contributed by atoms with Crippen molar-refractivity contribution in [3.05, 3.63) is 71.0 Å². The standard InChI is InChI=1S/C22H16F4N4OS/c1-11-18(19-17(32-11)8-9-29-20(19)27)12-2-5-14(6-3-12)30(21(28)31)16-10-13(22(24,25)26)4-7-15(16)23/h2-10H,1H3,(H2,27,29)(H2,28,31). The molecule has 4 aromatic rings. The van der Waals surface area contributed by atoms with Crippen LogP contribution in [-0.2, 0) is 6.18 Å². The van der Waals surface area contributed by atoms with Gasteiger partial charge < -0.3 is 11.5 Å². The Bertz CT molecular complexity index is 1330. The molecule has 0 fully saturated rings. The molecule has 0 spiro atoms. The minimum Gasteiger partial charge on any atom is -0.383 e. The number of halogens is 4. The summed E-state index contributed by atoms with van der Waals surface area (Å²) in [5.41, 5.74) is 11.5. The van der Waals surface area contributed by atoms with Crippen LogP contribution in [-0.4, -0.2) is 11.0 Å². The monoisotopic (exact) mass is 460 g/mol. The van der Waals surface area contributed by atoms with E-state index in [0.29, 0.717) is 28.9 Å². The molecule has 0 bridgehead atoms. The molecule has 4 N–H and O–H groups in total. The molecule has 2 aromatic carbocycles. The summed E-state index contributed by atoms with van der Waals surface area (Å²) in [5.74, 6) is -0.643. The first-order valence-corrected chi connectivity index (χ1v) is 10.1. The van der Waals surface area contributed by atoms with E-state index in [-0.39, 0.29) is 5.69 Å². The van der Waals surface area contributed by atoms with Crippen molar-refractivity contribution in [2.75, 3.05) is 10.6 Å². The van der Waals surface area contributed by atoms with E-state index in [0.717, 1.165) is 26.1 Å². The molecular formula is C22H16F4N4OS. The van der Waals surface area contributed by atoms with E-state index < -0.39 is 29.3 Å². The summed E-state index contributed by atoms with van der Waals surface area (Å²) in [5, 5.41) is 0.790. The summed E-state index contributed by atoms with van der Waals surface area (Å²) in [6.07, 6.45) is -3.09. The van der Waals surface area contributed by atoms with Crippen LogP contribution in [0.4, 0.5) is 39.5 Å². The third kappa shape index (κ3) is 3.73. The fourth-order valence-electron chi connectivity index (χ4n) is 3.56. The number of pyridine rings is 1. The molecule has 2 amide bonds. The van der Waals surface area contributed by atoms with Gasteiger partial charge in [0.2, 0.25) is 0 Å². The highest BCUT2D eigenvalue weighted by Gasteiger charge is 2.32. The minimum atomic E-state index is -4.71. The van der Waals surface area contributed by atoms with Crippen molar-refractivity contribution in [1.82, 2.24) is 4.98 Å². The first-order valence-electron chi connectivity index (χ1n) is 9.28. The predicted molar refractivity (Wildman–Crippen MR) is 117 cm³/mol. The van der Waals surface area contributed by atoms with E-state index in [1.54, 1.807) is 29.7 Å². The summed E-state index contributed by atoms with van der Waals surface area (Å²) in [7, 11) is 0. The van der Waals surface area contributed by atoms with E-state index in [1.807, 2.05) is 13.0 Å². The number of urea groups is 1. The van der Waals surface area contributed by atoms with Crippen LogP contribution < -0.4 is 16.4 Å². The molecule has 164 valence electrons. The van der Waals surface area contributed by atoms with E-state index >= 15 is 0 Å². The van der Waals surface area contributed by atoms with Crippen LogP contribution in [0.15, 0.2) is 54.7 Å².